The van der Waals surface area contributed by atoms with E-state index >= 15 is 0 Å². The van der Waals surface area contributed by atoms with Gasteiger partial charge in [0.1, 0.15) is 5.82 Å². The van der Waals surface area contributed by atoms with Gasteiger partial charge in [-0.2, -0.15) is 5.10 Å². The van der Waals surface area contributed by atoms with Crippen molar-refractivity contribution in [2.45, 2.75) is 26.7 Å². The van der Waals surface area contributed by atoms with Crippen LogP contribution in [-0.4, -0.2) is 47.0 Å². The van der Waals surface area contributed by atoms with Gasteiger partial charge in [0.25, 0.3) is 0 Å². The minimum Gasteiger partial charge on any atom is -0.378 e. The first kappa shape index (κ1) is 17.4. The molecule has 25 heavy (non-hydrogen) atoms. The van der Waals surface area contributed by atoms with Crippen LogP contribution in [0.4, 0.5) is 11.5 Å². The number of rotatable bonds is 5. The number of aromatic nitrogens is 3. The second-order valence-corrected chi connectivity index (χ2v) is 6.32. The molecular weight excluding hydrogens is 318 g/mol. The molecule has 0 bridgehead atoms. The molecule has 3 rings (SSSR count). The molecular formula is C18H25N5O2. The van der Waals surface area contributed by atoms with Gasteiger partial charge in [-0.1, -0.05) is 0 Å². The molecule has 1 amide bonds. The van der Waals surface area contributed by atoms with Crippen molar-refractivity contribution in [2.24, 2.45) is 7.05 Å². The Morgan fingerprint density at radius 1 is 1.28 bits per heavy atom. The zero-order valence-corrected chi connectivity index (χ0v) is 15.1. The van der Waals surface area contributed by atoms with E-state index in [0.717, 1.165) is 48.9 Å². The zero-order valence-electron chi connectivity index (χ0n) is 15.1. The highest BCUT2D eigenvalue weighted by molar-refractivity contribution is 5.90. The Labute approximate surface area is 148 Å². The summed E-state index contributed by atoms with van der Waals surface area (Å²) >= 11 is 0. The quantitative estimate of drug-likeness (QED) is 0.897. The van der Waals surface area contributed by atoms with Crippen LogP contribution in [0.25, 0.3) is 0 Å². The number of amides is 1. The standard InChI is InChI=1S/C18H25N5O2/c1-13-16(14(2)22(3)21-13)5-7-18(24)20-17-6-4-15(12-19-17)23-8-10-25-11-9-23/h4,6,12H,5,7-11H2,1-3H3,(H,19,20,24). The summed E-state index contributed by atoms with van der Waals surface area (Å²) in [6.45, 7) is 7.23. The van der Waals surface area contributed by atoms with Crippen LogP contribution in [0, 0.1) is 13.8 Å². The van der Waals surface area contributed by atoms with Crippen molar-refractivity contribution in [2.75, 3.05) is 36.5 Å². The fraction of sp³-hybridized carbons (Fsp3) is 0.500. The molecule has 7 heteroatoms. The third-order valence-electron chi connectivity index (χ3n) is 4.65. The van der Waals surface area contributed by atoms with Crippen molar-refractivity contribution in [1.29, 1.82) is 0 Å². The van der Waals surface area contributed by atoms with Gasteiger partial charge in [0.2, 0.25) is 5.91 Å². The fourth-order valence-electron chi connectivity index (χ4n) is 3.09. The summed E-state index contributed by atoms with van der Waals surface area (Å²) in [7, 11) is 1.92. The molecule has 1 fully saturated rings. The van der Waals surface area contributed by atoms with Gasteiger partial charge in [-0.3, -0.25) is 9.48 Å². The van der Waals surface area contributed by atoms with Crippen LogP contribution >= 0.6 is 0 Å². The van der Waals surface area contributed by atoms with Crippen molar-refractivity contribution in [1.82, 2.24) is 14.8 Å². The number of ether oxygens (including phenoxy) is 1. The molecule has 0 atom stereocenters. The monoisotopic (exact) mass is 343 g/mol. The first-order valence-electron chi connectivity index (χ1n) is 8.62. The van der Waals surface area contributed by atoms with Crippen LogP contribution in [0.15, 0.2) is 18.3 Å². The van der Waals surface area contributed by atoms with E-state index in [9.17, 15) is 4.79 Å². The second-order valence-electron chi connectivity index (χ2n) is 6.32. The average Bonchev–Trinajstić information content (AvgIpc) is 2.86. The number of pyridine rings is 1. The molecule has 1 aliphatic rings. The third-order valence-corrected chi connectivity index (χ3v) is 4.65. The molecule has 0 saturated carbocycles. The minimum atomic E-state index is -0.0331. The lowest BCUT2D eigenvalue weighted by molar-refractivity contribution is -0.116. The first-order valence-corrected chi connectivity index (χ1v) is 8.62. The molecule has 1 aliphatic heterocycles. The van der Waals surface area contributed by atoms with E-state index in [2.05, 4.69) is 20.3 Å². The summed E-state index contributed by atoms with van der Waals surface area (Å²) in [6, 6.07) is 3.84. The highest BCUT2D eigenvalue weighted by Gasteiger charge is 2.13. The Morgan fingerprint density at radius 3 is 2.64 bits per heavy atom. The smallest absolute Gasteiger partial charge is 0.225 e. The molecule has 2 aromatic rings. The number of morpholine rings is 1. The van der Waals surface area contributed by atoms with Gasteiger partial charge in [0, 0.05) is 32.3 Å². The molecule has 3 heterocycles. The van der Waals surface area contributed by atoms with E-state index in [1.54, 1.807) is 6.20 Å². The van der Waals surface area contributed by atoms with Gasteiger partial charge in [-0.15, -0.1) is 0 Å². The lowest BCUT2D eigenvalue weighted by atomic mass is 10.1. The highest BCUT2D eigenvalue weighted by Crippen LogP contribution is 2.17. The summed E-state index contributed by atoms with van der Waals surface area (Å²) in [5, 5.41) is 7.25. The summed E-state index contributed by atoms with van der Waals surface area (Å²) in [6.07, 6.45) is 2.90. The third kappa shape index (κ3) is 4.17. The van der Waals surface area contributed by atoms with Gasteiger partial charge in [-0.05, 0) is 38.0 Å². The average molecular weight is 343 g/mol. The van der Waals surface area contributed by atoms with Crippen LogP contribution in [0.1, 0.15) is 23.4 Å². The largest absolute Gasteiger partial charge is 0.378 e. The summed E-state index contributed by atoms with van der Waals surface area (Å²) in [4.78, 5) is 18.8. The Hall–Kier alpha value is -2.41. The number of nitrogens with zero attached hydrogens (tertiary/aromatic N) is 4. The highest BCUT2D eigenvalue weighted by atomic mass is 16.5. The maximum absolute atomic E-state index is 12.2. The van der Waals surface area contributed by atoms with E-state index in [0.29, 0.717) is 18.7 Å². The molecule has 2 aromatic heterocycles. The summed E-state index contributed by atoms with van der Waals surface area (Å²) in [5.74, 6) is 0.552. The van der Waals surface area contributed by atoms with Gasteiger partial charge in [-0.25, -0.2) is 4.98 Å². The Kier molecular flexibility index (Phi) is 5.33. The lowest BCUT2D eigenvalue weighted by Crippen LogP contribution is -2.36. The van der Waals surface area contributed by atoms with Crippen molar-refractivity contribution in [3.63, 3.8) is 0 Å². The molecule has 0 spiro atoms. The topological polar surface area (TPSA) is 72.3 Å². The molecule has 0 aliphatic carbocycles. The van der Waals surface area contributed by atoms with E-state index in [1.807, 2.05) is 37.7 Å². The predicted molar refractivity (Wildman–Crippen MR) is 96.9 cm³/mol. The van der Waals surface area contributed by atoms with Gasteiger partial charge in [0.05, 0.1) is 30.8 Å². The number of hydrogen-bond acceptors (Lipinski definition) is 5. The summed E-state index contributed by atoms with van der Waals surface area (Å²) < 4.78 is 7.21. The van der Waals surface area contributed by atoms with Crippen LogP contribution < -0.4 is 10.2 Å². The van der Waals surface area contributed by atoms with Crippen LogP contribution in [-0.2, 0) is 23.0 Å². The maximum Gasteiger partial charge on any atom is 0.225 e. The van der Waals surface area contributed by atoms with Gasteiger partial charge >= 0.3 is 0 Å². The van der Waals surface area contributed by atoms with Crippen LogP contribution in [0.2, 0.25) is 0 Å². The number of aryl methyl sites for hydroxylation is 2. The van der Waals surface area contributed by atoms with E-state index < -0.39 is 0 Å². The molecule has 134 valence electrons. The maximum atomic E-state index is 12.2. The van der Waals surface area contributed by atoms with Crippen LogP contribution in [0.3, 0.4) is 0 Å². The normalized spacial score (nSPS) is 14.6. The zero-order chi connectivity index (χ0) is 17.8. The Morgan fingerprint density at radius 2 is 2.04 bits per heavy atom. The SMILES string of the molecule is Cc1nn(C)c(C)c1CCC(=O)Nc1ccc(N2CCOCC2)cn1. The molecule has 0 unspecified atom stereocenters. The number of nitrogens with one attached hydrogen (secondary N) is 1. The molecule has 0 aromatic carbocycles. The summed E-state index contributed by atoms with van der Waals surface area (Å²) in [5.41, 5.74) is 4.30. The molecule has 1 N–H and O–H groups in total. The van der Waals surface area contributed by atoms with E-state index in [-0.39, 0.29) is 5.91 Å². The Balaban J connectivity index is 1.54. The second kappa shape index (κ2) is 7.65. The molecule has 7 nitrogen and oxygen atoms in total. The molecule has 1 saturated heterocycles. The van der Waals surface area contributed by atoms with Gasteiger partial charge < -0.3 is 15.0 Å². The van der Waals surface area contributed by atoms with Crippen LogP contribution in [0.5, 0.6) is 0 Å². The minimum absolute atomic E-state index is 0.0331. The number of carbonyl (C=O) groups excluding carboxylic acids is 1. The van der Waals surface area contributed by atoms with Crippen molar-refractivity contribution < 1.29 is 9.53 Å². The Bertz CT molecular complexity index is 733. The lowest BCUT2D eigenvalue weighted by Gasteiger charge is -2.28. The number of anilines is 2. The van der Waals surface area contributed by atoms with Crippen molar-refractivity contribution >= 4 is 17.4 Å². The first-order chi connectivity index (χ1) is 12.0. The van der Waals surface area contributed by atoms with E-state index in [1.165, 1.54) is 0 Å². The van der Waals surface area contributed by atoms with E-state index in [4.69, 9.17) is 4.74 Å². The van der Waals surface area contributed by atoms with Crippen molar-refractivity contribution in [3.8, 4) is 0 Å². The molecule has 0 radical (unpaired) electrons. The number of hydrogen-bond donors (Lipinski definition) is 1. The van der Waals surface area contributed by atoms with Gasteiger partial charge in [0.15, 0.2) is 0 Å². The fourth-order valence-corrected chi connectivity index (χ4v) is 3.09. The predicted octanol–water partition coefficient (Wildman–Crippen LogP) is 1.84. The van der Waals surface area contributed by atoms with Crippen molar-refractivity contribution in [3.05, 3.63) is 35.3 Å². The number of carbonyl (C=O) groups is 1.